The highest BCUT2D eigenvalue weighted by Gasteiger charge is 2.57. The van der Waals surface area contributed by atoms with Crippen LogP contribution in [0.15, 0.2) is 0 Å². The Balaban J connectivity index is 1.47. The molecule has 0 saturated heterocycles. The molecule has 7 nitrogen and oxygen atoms in total. The molecule has 5 atom stereocenters. The average molecular weight is 465 g/mol. The first-order valence-electron chi connectivity index (χ1n) is 11.2. The Morgan fingerprint density at radius 3 is 2.42 bits per heavy atom. The summed E-state index contributed by atoms with van der Waals surface area (Å²) in [7, 11) is -5.90. The van der Waals surface area contributed by atoms with Crippen molar-refractivity contribution in [3.63, 3.8) is 0 Å². The second kappa shape index (κ2) is 8.24. The lowest BCUT2D eigenvalue weighted by Crippen LogP contribution is -2.54. The number of hydrogen-bond acceptors (Lipinski definition) is 6. The molecule has 4 rings (SSSR count). The van der Waals surface area contributed by atoms with E-state index in [2.05, 4.69) is 0 Å². The molecule has 0 aromatic rings. The molecule has 5 unspecified atom stereocenters. The van der Waals surface area contributed by atoms with Gasteiger partial charge in [-0.05, 0) is 62.7 Å². The van der Waals surface area contributed by atoms with Crippen molar-refractivity contribution in [2.75, 3.05) is 6.61 Å². The fourth-order valence-electron chi connectivity index (χ4n) is 6.59. The molecule has 0 spiro atoms. The van der Waals surface area contributed by atoms with E-state index in [0.29, 0.717) is 25.2 Å². The van der Waals surface area contributed by atoms with E-state index in [9.17, 15) is 26.8 Å². The highest BCUT2D eigenvalue weighted by molar-refractivity contribution is 7.87. The second-order valence-corrected chi connectivity index (χ2v) is 11.6. The summed E-state index contributed by atoms with van der Waals surface area (Å²) in [4.78, 5) is 24.5. The molecule has 0 radical (unpaired) electrons. The molecule has 0 amide bonds. The van der Waals surface area contributed by atoms with E-state index in [0.717, 1.165) is 51.4 Å². The maximum Gasteiger partial charge on any atom is 0.465 e. The van der Waals surface area contributed by atoms with E-state index in [-0.39, 0.29) is 36.4 Å². The molecule has 4 aliphatic rings. The molecule has 176 valence electrons. The van der Waals surface area contributed by atoms with Gasteiger partial charge in [-0.1, -0.05) is 25.7 Å². The van der Waals surface area contributed by atoms with Crippen LogP contribution in [0.1, 0.15) is 70.6 Å². The Morgan fingerprint density at radius 1 is 1.03 bits per heavy atom. The third kappa shape index (κ3) is 4.47. The van der Waals surface area contributed by atoms with Crippen molar-refractivity contribution >= 4 is 22.1 Å². The van der Waals surface area contributed by atoms with Gasteiger partial charge in [-0.2, -0.15) is 17.2 Å². The second-order valence-electron chi connectivity index (χ2n) is 10.1. The van der Waals surface area contributed by atoms with Crippen LogP contribution in [0.2, 0.25) is 0 Å². The van der Waals surface area contributed by atoms with Crippen LogP contribution in [0, 0.1) is 29.1 Å². The number of carbonyl (C=O) groups excluding carboxylic acids is 2. The van der Waals surface area contributed by atoms with Crippen molar-refractivity contribution in [2.45, 2.75) is 82.0 Å². The van der Waals surface area contributed by atoms with Crippen molar-refractivity contribution < 1.29 is 40.8 Å². The number of rotatable bonds is 6. The third-order valence-electron chi connectivity index (χ3n) is 7.96. The predicted molar refractivity (Wildman–Crippen MR) is 105 cm³/mol. The summed E-state index contributed by atoms with van der Waals surface area (Å²) in [5.74, 6) is -1.65. The van der Waals surface area contributed by atoms with Gasteiger partial charge in [-0.15, -0.1) is 0 Å². The zero-order valence-electron chi connectivity index (χ0n) is 17.4. The lowest BCUT2D eigenvalue weighted by molar-refractivity contribution is -0.188. The fraction of sp³-hybridized carbons (Fsp3) is 0.905. The summed E-state index contributed by atoms with van der Waals surface area (Å²) in [6, 6.07) is 0. The summed E-state index contributed by atoms with van der Waals surface area (Å²) < 4.78 is 68.3. The molecule has 0 aromatic heterocycles. The number of carbonyl (C=O) groups is 2. The summed E-state index contributed by atoms with van der Waals surface area (Å²) in [5, 5.41) is -5.00. The first-order chi connectivity index (χ1) is 14.5. The Morgan fingerprint density at radius 2 is 1.74 bits per heavy atom. The van der Waals surface area contributed by atoms with Crippen molar-refractivity contribution in [1.29, 1.82) is 0 Å². The zero-order chi connectivity index (χ0) is 22.4. The normalized spacial score (nSPS) is 36.1. The molecule has 4 aliphatic carbocycles. The van der Waals surface area contributed by atoms with E-state index in [1.54, 1.807) is 0 Å². The van der Waals surface area contributed by atoms with Gasteiger partial charge >= 0.3 is 27.3 Å². The summed E-state index contributed by atoms with van der Waals surface area (Å²) in [6.45, 7) is -0.367. The van der Waals surface area contributed by atoms with Crippen LogP contribution in [-0.2, 0) is 29.2 Å². The van der Waals surface area contributed by atoms with Crippen LogP contribution in [-0.4, -0.2) is 42.9 Å². The van der Waals surface area contributed by atoms with E-state index >= 15 is 0 Å². The van der Waals surface area contributed by atoms with Gasteiger partial charge in [0.05, 0.1) is 12.5 Å². The Labute approximate surface area is 181 Å². The number of fused-ring (bicyclic) bond motifs is 2. The van der Waals surface area contributed by atoms with E-state index < -0.39 is 26.8 Å². The summed E-state index contributed by atoms with van der Waals surface area (Å²) in [5.41, 5.74) is -0.618. The number of halogens is 2. The minimum atomic E-state index is -5.90. The van der Waals surface area contributed by atoms with Crippen molar-refractivity contribution in [3.8, 4) is 0 Å². The van der Waals surface area contributed by atoms with Crippen LogP contribution in [0.5, 0.6) is 0 Å². The van der Waals surface area contributed by atoms with E-state index in [1.807, 2.05) is 0 Å². The molecule has 4 fully saturated rings. The summed E-state index contributed by atoms with van der Waals surface area (Å²) >= 11 is 0. The molecule has 1 N–H and O–H groups in total. The van der Waals surface area contributed by atoms with Crippen LogP contribution < -0.4 is 0 Å². The summed E-state index contributed by atoms with van der Waals surface area (Å²) in [6.07, 6.45) is 9.15. The minimum absolute atomic E-state index is 0.0888. The number of hydrogen-bond donors (Lipinski definition) is 1. The number of ether oxygens (including phenoxy) is 2. The highest BCUT2D eigenvalue weighted by Crippen LogP contribution is 2.59. The van der Waals surface area contributed by atoms with E-state index in [1.165, 1.54) is 0 Å². The van der Waals surface area contributed by atoms with Crippen LogP contribution in [0.4, 0.5) is 8.78 Å². The van der Waals surface area contributed by atoms with E-state index in [4.69, 9.17) is 14.0 Å². The van der Waals surface area contributed by atoms with Gasteiger partial charge in [0.2, 0.25) is 0 Å². The van der Waals surface area contributed by atoms with Gasteiger partial charge in [0.25, 0.3) is 0 Å². The zero-order valence-corrected chi connectivity index (χ0v) is 18.2. The first-order valence-corrected chi connectivity index (χ1v) is 12.7. The maximum atomic E-state index is 13.6. The Hall–Kier alpha value is -1.29. The molecule has 3 bridgehead atoms. The van der Waals surface area contributed by atoms with Crippen molar-refractivity contribution in [3.05, 3.63) is 0 Å². The van der Waals surface area contributed by atoms with Crippen LogP contribution in [0.25, 0.3) is 0 Å². The van der Waals surface area contributed by atoms with Crippen LogP contribution >= 0.6 is 0 Å². The standard InChI is InChI=1S/C21H30F2O7S/c22-21(23,31(26,27)28)19(25)29-12-20-9-13-6-7-16(15(8-13)10-20)17(11-20)30-18(24)14-4-2-1-3-5-14/h13-17H,1-12H2,(H,26,27,28). The topological polar surface area (TPSA) is 107 Å². The first kappa shape index (κ1) is 22.9. The predicted octanol–water partition coefficient (Wildman–Crippen LogP) is 3.72. The Kier molecular flexibility index (Phi) is 6.09. The quantitative estimate of drug-likeness (QED) is 0.472. The molecule has 4 saturated carbocycles. The smallest absolute Gasteiger partial charge is 0.462 e. The number of alkyl halides is 2. The molecule has 0 aliphatic heterocycles. The largest absolute Gasteiger partial charge is 0.465 e. The highest BCUT2D eigenvalue weighted by atomic mass is 32.2. The average Bonchev–Trinajstić information content (AvgIpc) is 2.70. The lowest BCUT2D eigenvalue weighted by Gasteiger charge is -2.57. The number of esters is 2. The van der Waals surface area contributed by atoms with Crippen molar-refractivity contribution in [1.82, 2.24) is 0 Å². The Bertz CT molecular complexity index is 820. The molecule has 0 heterocycles. The molecule has 0 aromatic carbocycles. The molecular formula is C21H30F2O7S. The van der Waals surface area contributed by atoms with Gasteiger partial charge in [0.1, 0.15) is 6.10 Å². The van der Waals surface area contributed by atoms with Crippen LogP contribution in [0.3, 0.4) is 0 Å². The molecule has 10 heteroatoms. The molecular weight excluding hydrogens is 434 g/mol. The maximum absolute atomic E-state index is 13.6. The monoisotopic (exact) mass is 464 g/mol. The lowest BCUT2D eigenvalue weighted by atomic mass is 9.51. The molecule has 31 heavy (non-hydrogen) atoms. The minimum Gasteiger partial charge on any atom is -0.462 e. The van der Waals surface area contributed by atoms with Gasteiger partial charge in [0.15, 0.2) is 0 Å². The SMILES string of the molecule is O=C(OC1CC2(COC(=O)C(F)(F)S(=O)(=O)O)CC3CCC1C(C3)C2)C1CCCCC1. The fourth-order valence-corrected chi connectivity index (χ4v) is 6.86. The van der Waals surface area contributed by atoms with Gasteiger partial charge in [0, 0.05) is 5.41 Å². The van der Waals surface area contributed by atoms with Gasteiger partial charge in [-0.3, -0.25) is 9.35 Å². The van der Waals surface area contributed by atoms with Gasteiger partial charge in [-0.25, -0.2) is 4.79 Å². The van der Waals surface area contributed by atoms with Gasteiger partial charge < -0.3 is 9.47 Å². The van der Waals surface area contributed by atoms with Crippen molar-refractivity contribution in [2.24, 2.45) is 29.1 Å². The third-order valence-corrected chi connectivity index (χ3v) is 8.77.